The van der Waals surface area contributed by atoms with Crippen molar-refractivity contribution < 1.29 is 24.5 Å². The van der Waals surface area contributed by atoms with Crippen molar-refractivity contribution in [3.05, 3.63) is 72.3 Å². The summed E-state index contributed by atoms with van der Waals surface area (Å²) in [6.07, 6.45) is 2.85. The van der Waals surface area contributed by atoms with E-state index in [0.29, 0.717) is 12.8 Å². The number of hydrogen-bond acceptors (Lipinski definition) is 3. The van der Waals surface area contributed by atoms with E-state index in [9.17, 15) is 14.7 Å². The van der Waals surface area contributed by atoms with Crippen LogP contribution in [0, 0.1) is 0 Å². The number of carboxylic acids is 2. The maximum atomic E-state index is 11.4. The standard InChI is InChI=1S/C21H22O5/c22-20(23)12-6-7-15-26-19(21(24)25)14-13-17-10-4-5-11-18(17)16-8-2-1-3-9-16/h1-11,19H,12-15H2,(H,22,23)(H,24,25). The Morgan fingerprint density at radius 2 is 1.65 bits per heavy atom. The largest absolute Gasteiger partial charge is 0.481 e. The molecule has 0 saturated heterocycles. The molecule has 0 spiro atoms. The molecule has 0 aromatic heterocycles. The van der Waals surface area contributed by atoms with Gasteiger partial charge in [0, 0.05) is 0 Å². The number of rotatable bonds is 10. The Morgan fingerprint density at radius 3 is 2.35 bits per heavy atom. The average Bonchev–Trinajstić information content (AvgIpc) is 2.64. The van der Waals surface area contributed by atoms with E-state index >= 15 is 0 Å². The third-order valence-corrected chi connectivity index (χ3v) is 3.91. The number of carboxylic acid groups (broad SMARTS) is 2. The van der Waals surface area contributed by atoms with Crippen molar-refractivity contribution in [1.82, 2.24) is 0 Å². The summed E-state index contributed by atoms with van der Waals surface area (Å²) in [7, 11) is 0. The van der Waals surface area contributed by atoms with Gasteiger partial charge in [-0.25, -0.2) is 4.79 Å². The van der Waals surface area contributed by atoms with Gasteiger partial charge in [0.05, 0.1) is 13.0 Å². The average molecular weight is 354 g/mol. The highest BCUT2D eigenvalue weighted by atomic mass is 16.5. The number of hydrogen-bond donors (Lipinski definition) is 2. The molecule has 1 unspecified atom stereocenters. The summed E-state index contributed by atoms with van der Waals surface area (Å²) in [6.45, 7) is 0.0740. The molecule has 0 radical (unpaired) electrons. The van der Waals surface area contributed by atoms with Gasteiger partial charge < -0.3 is 14.9 Å². The Balaban J connectivity index is 1.98. The van der Waals surface area contributed by atoms with Crippen molar-refractivity contribution in [2.45, 2.75) is 25.4 Å². The first-order valence-electron chi connectivity index (χ1n) is 8.42. The molecule has 0 fully saturated rings. The van der Waals surface area contributed by atoms with Crippen molar-refractivity contribution in [3.63, 3.8) is 0 Å². The monoisotopic (exact) mass is 354 g/mol. The second-order valence-corrected chi connectivity index (χ2v) is 5.79. The van der Waals surface area contributed by atoms with Gasteiger partial charge in [-0.05, 0) is 29.5 Å². The Kier molecular flexibility index (Phi) is 7.58. The van der Waals surface area contributed by atoms with Gasteiger partial charge in [0.1, 0.15) is 0 Å². The van der Waals surface area contributed by atoms with E-state index in [2.05, 4.69) is 0 Å². The summed E-state index contributed by atoms with van der Waals surface area (Å²) >= 11 is 0. The molecule has 2 N–H and O–H groups in total. The molecule has 1 atom stereocenters. The third kappa shape index (κ3) is 6.18. The first kappa shape index (κ1) is 19.4. The molecule has 0 aliphatic carbocycles. The van der Waals surface area contributed by atoms with E-state index in [4.69, 9.17) is 9.84 Å². The Hall–Kier alpha value is -2.92. The highest BCUT2D eigenvalue weighted by Gasteiger charge is 2.18. The fraction of sp³-hybridized carbons (Fsp3) is 0.238. The molecule has 0 bridgehead atoms. The van der Waals surface area contributed by atoms with Gasteiger partial charge in [-0.1, -0.05) is 66.7 Å². The van der Waals surface area contributed by atoms with Gasteiger partial charge in [0.15, 0.2) is 6.10 Å². The topological polar surface area (TPSA) is 83.8 Å². The van der Waals surface area contributed by atoms with Crippen LogP contribution in [0.1, 0.15) is 18.4 Å². The van der Waals surface area contributed by atoms with Crippen molar-refractivity contribution in [1.29, 1.82) is 0 Å². The maximum Gasteiger partial charge on any atom is 0.332 e. The molecule has 5 nitrogen and oxygen atoms in total. The van der Waals surface area contributed by atoms with Crippen LogP contribution in [0.25, 0.3) is 11.1 Å². The van der Waals surface area contributed by atoms with Crippen LogP contribution < -0.4 is 0 Å². The first-order chi connectivity index (χ1) is 12.6. The first-order valence-corrected chi connectivity index (χ1v) is 8.42. The molecule has 2 aromatic rings. The predicted octanol–water partition coefficient (Wildman–Crippen LogP) is 3.79. The molecular formula is C21H22O5. The number of carbonyl (C=O) groups is 2. The quantitative estimate of drug-likeness (QED) is 0.634. The Morgan fingerprint density at radius 1 is 0.962 bits per heavy atom. The lowest BCUT2D eigenvalue weighted by Crippen LogP contribution is -2.24. The van der Waals surface area contributed by atoms with Crippen LogP contribution in [0.3, 0.4) is 0 Å². The maximum absolute atomic E-state index is 11.4. The van der Waals surface area contributed by atoms with Crippen LogP contribution >= 0.6 is 0 Å². The number of ether oxygens (including phenoxy) is 1. The van der Waals surface area contributed by atoms with Gasteiger partial charge in [-0.2, -0.15) is 0 Å². The number of aliphatic carboxylic acids is 2. The molecule has 0 aliphatic rings. The lowest BCUT2D eigenvalue weighted by molar-refractivity contribution is -0.150. The molecule has 2 aromatic carbocycles. The zero-order valence-electron chi connectivity index (χ0n) is 14.4. The fourth-order valence-electron chi connectivity index (χ4n) is 2.63. The molecule has 0 saturated carbocycles. The number of aryl methyl sites for hydroxylation is 1. The summed E-state index contributed by atoms with van der Waals surface area (Å²) < 4.78 is 5.37. The minimum Gasteiger partial charge on any atom is -0.481 e. The van der Waals surface area contributed by atoms with Crippen LogP contribution in [-0.4, -0.2) is 34.9 Å². The second kappa shape index (κ2) is 10.2. The third-order valence-electron chi connectivity index (χ3n) is 3.91. The van der Waals surface area contributed by atoms with Gasteiger partial charge in [0.25, 0.3) is 0 Å². The van der Waals surface area contributed by atoms with Gasteiger partial charge in [-0.3, -0.25) is 4.79 Å². The lowest BCUT2D eigenvalue weighted by Gasteiger charge is -2.14. The zero-order valence-corrected chi connectivity index (χ0v) is 14.4. The minimum absolute atomic E-state index is 0.0740. The van der Waals surface area contributed by atoms with Crippen LogP contribution in [0.15, 0.2) is 66.7 Å². The second-order valence-electron chi connectivity index (χ2n) is 5.79. The molecule has 26 heavy (non-hydrogen) atoms. The van der Waals surface area contributed by atoms with E-state index in [1.807, 2.05) is 54.6 Å². The zero-order chi connectivity index (χ0) is 18.8. The fourth-order valence-corrected chi connectivity index (χ4v) is 2.63. The SMILES string of the molecule is O=C(O)CC=CCOC(CCc1ccccc1-c1ccccc1)C(=O)O. The van der Waals surface area contributed by atoms with Crippen LogP contribution in [0.5, 0.6) is 0 Å². The van der Waals surface area contributed by atoms with Crippen molar-refractivity contribution in [3.8, 4) is 11.1 Å². The van der Waals surface area contributed by atoms with E-state index in [1.54, 1.807) is 0 Å². The number of benzene rings is 2. The highest BCUT2D eigenvalue weighted by molar-refractivity contribution is 5.72. The highest BCUT2D eigenvalue weighted by Crippen LogP contribution is 2.25. The normalized spacial score (nSPS) is 12.2. The van der Waals surface area contributed by atoms with Crippen LogP contribution in [-0.2, 0) is 20.7 Å². The van der Waals surface area contributed by atoms with Crippen molar-refractivity contribution in [2.24, 2.45) is 0 Å². The molecule has 2 rings (SSSR count). The van der Waals surface area contributed by atoms with Gasteiger partial charge in [-0.15, -0.1) is 0 Å². The summed E-state index contributed by atoms with van der Waals surface area (Å²) in [6, 6.07) is 17.9. The van der Waals surface area contributed by atoms with Gasteiger partial charge >= 0.3 is 11.9 Å². The molecule has 0 amide bonds. The van der Waals surface area contributed by atoms with Crippen molar-refractivity contribution in [2.75, 3.05) is 6.61 Å². The molecule has 136 valence electrons. The summed E-state index contributed by atoms with van der Waals surface area (Å²) in [4.78, 5) is 21.8. The lowest BCUT2D eigenvalue weighted by atomic mass is 9.96. The molecule has 5 heteroatoms. The van der Waals surface area contributed by atoms with E-state index in [1.165, 1.54) is 12.2 Å². The van der Waals surface area contributed by atoms with E-state index in [0.717, 1.165) is 16.7 Å². The van der Waals surface area contributed by atoms with Crippen LogP contribution in [0.2, 0.25) is 0 Å². The summed E-state index contributed by atoms with van der Waals surface area (Å²) in [5, 5.41) is 17.9. The predicted molar refractivity (Wildman–Crippen MR) is 99.0 cm³/mol. The minimum atomic E-state index is -1.02. The van der Waals surface area contributed by atoms with E-state index < -0.39 is 18.0 Å². The molecular weight excluding hydrogens is 332 g/mol. The van der Waals surface area contributed by atoms with E-state index in [-0.39, 0.29) is 13.0 Å². The van der Waals surface area contributed by atoms with Crippen molar-refractivity contribution >= 4 is 11.9 Å². The summed E-state index contributed by atoms with van der Waals surface area (Å²) in [5.41, 5.74) is 3.24. The van der Waals surface area contributed by atoms with Gasteiger partial charge in [0.2, 0.25) is 0 Å². The molecule has 0 aliphatic heterocycles. The Bertz CT molecular complexity index is 752. The van der Waals surface area contributed by atoms with Crippen LogP contribution in [0.4, 0.5) is 0 Å². The Labute approximate surface area is 152 Å². The smallest absolute Gasteiger partial charge is 0.332 e. The summed E-state index contributed by atoms with van der Waals surface area (Å²) in [5.74, 6) is -1.96. The molecule has 0 heterocycles.